The van der Waals surface area contributed by atoms with E-state index in [9.17, 15) is 5.11 Å². The molecule has 0 bridgehead atoms. The van der Waals surface area contributed by atoms with Gasteiger partial charge in [0.2, 0.25) is 0 Å². The highest BCUT2D eigenvalue weighted by atomic mass is 16.3. The van der Waals surface area contributed by atoms with Gasteiger partial charge in [0, 0.05) is 18.5 Å². The van der Waals surface area contributed by atoms with Crippen molar-refractivity contribution in [1.82, 2.24) is 9.97 Å². The van der Waals surface area contributed by atoms with Gasteiger partial charge in [-0.25, -0.2) is 15.8 Å². The number of hydrogen-bond acceptors (Lipinski definition) is 6. The van der Waals surface area contributed by atoms with Gasteiger partial charge < -0.3 is 15.8 Å². The molecule has 1 heterocycles. The predicted molar refractivity (Wildman–Crippen MR) is 78.0 cm³/mol. The lowest BCUT2D eigenvalue weighted by atomic mass is 10.0. The highest BCUT2D eigenvalue weighted by Gasteiger charge is 2.18. The predicted octanol–water partition coefficient (Wildman–Crippen LogP) is 1.60. The van der Waals surface area contributed by atoms with Crippen LogP contribution >= 0.6 is 0 Å². The summed E-state index contributed by atoms with van der Waals surface area (Å²) in [7, 11) is 0. The second-order valence-corrected chi connectivity index (χ2v) is 5.06. The molecule has 0 aliphatic heterocycles. The maximum Gasteiger partial charge on any atom is 0.148 e. The first-order chi connectivity index (χ1) is 8.93. The molecule has 108 valence electrons. The van der Waals surface area contributed by atoms with Crippen molar-refractivity contribution in [3.63, 3.8) is 0 Å². The van der Waals surface area contributed by atoms with Crippen LogP contribution in [0.1, 0.15) is 45.0 Å². The fraction of sp³-hybridized carbons (Fsp3) is 0.692. The Hall–Kier alpha value is -1.40. The number of rotatable bonds is 7. The van der Waals surface area contributed by atoms with E-state index >= 15 is 0 Å². The third-order valence-corrected chi connectivity index (χ3v) is 3.20. The summed E-state index contributed by atoms with van der Waals surface area (Å²) in [5.41, 5.74) is 2.70. The number of hydrazine groups is 1. The lowest BCUT2D eigenvalue weighted by Gasteiger charge is -2.23. The number of nitrogens with two attached hydrogens (primary N) is 1. The van der Waals surface area contributed by atoms with Gasteiger partial charge in [-0.15, -0.1) is 0 Å². The molecule has 1 aromatic rings. The van der Waals surface area contributed by atoms with Crippen molar-refractivity contribution in [3.8, 4) is 0 Å². The highest BCUT2D eigenvalue weighted by Crippen LogP contribution is 2.21. The van der Waals surface area contributed by atoms with Gasteiger partial charge in [0.1, 0.15) is 17.5 Å². The number of nitrogen functional groups attached to an aromatic ring is 1. The van der Waals surface area contributed by atoms with Crippen molar-refractivity contribution in [2.75, 3.05) is 17.3 Å². The third-order valence-electron chi connectivity index (χ3n) is 3.20. The van der Waals surface area contributed by atoms with E-state index in [1.807, 2.05) is 13.8 Å². The van der Waals surface area contributed by atoms with E-state index < -0.39 is 5.60 Å². The second-order valence-electron chi connectivity index (χ2n) is 5.06. The first-order valence-electron chi connectivity index (χ1n) is 6.74. The standard InChI is InChI=1S/C13H25N5O/c1-5-7-10-16-11(9(3)12(17-10)18-14)15-8-13(4,19)6-2/h19H,5-8,14H2,1-4H3,(H2,15,16,17,18). The second kappa shape index (κ2) is 6.68. The summed E-state index contributed by atoms with van der Waals surface area (Å²) in [6.07, 6.45) is 2.45. The van der Waals surface area contributed by atoms with E-state index in [-0.39, 0.29) is 0 Å². The molecule has 1 unspecified atom stereocenters. The Morgan fingerprint density at radius 1 is 1.26 bits per heavy atom. The van der Waals surface area contributed by atoms with Gasteiger partial charge >= 0.3 is 0 Å². The number of aliphatic hydroxyl groups is 1. The van der Waals surface area contributed by atoms with Crippen LogP contribution in [-0.4, -0.2) is 27.2 Å². The van der Waals surface area contributed by atoms with Gasteiger partial charge in [-0.3, -0.25) is 0 Å². The summed E-state index contributed by atoms with van der Waals surface area (Å²) in [6.45, 7) is 8.16. The van der Waals surface area contributed by atoms with Crippen LogP contribution in [0.25, 0.3) is 0 Å². The summed E-state index contributed by atoms with van der Waals surface area (Å²) < 4.78 is 0. The normalized spacial score (nSPS) is 14.0. The number of aryl methyl sites for hydroxylation is 1. The van der Waals surface area contributed by atoms with Crippen LogP contribution in [0.15, 0.2) is 0 Å². The van der Waals surface area contributed by atoms with Crippen LogP contribution < -0.4 is 16.6 Å². The molecule has 0 saturated heterocycles. The van der Waals surface area contributed by atoms with Crippen molar-refractivity contribution in [3.05, 3.63) is 11.4 Å². The minimum absolute atomic E-state index is 0.441. The molecule has 0 amide bonds. The maximum absolute atomic E-state index is 10.0. The largest absolute Gasteiger partial charge is 0.388 e. The molecule has 0 spiro atoms. The van der Waals surface area contributed by atoms with E-state index in [0.29, 0.717) is 18.8 Å². The average molecular weight is 267 g/mol. The van der Waals surface area contributed by atoms with Gasteiger partial charge in [-0.05, 0) is 26.7 Å². The topological polar surface area (TPSA) is 96.1 Å². The molecule has 5 N–H and O–H groups in total. The summed E-state index contributed by atoms with van der Waals surface area (Å²) in [5, 5.41) is 13.2. The van der Waals surface area contributed by atoms with Gasteiger partial charge in [-0.2, -0.15) is 0 Å². The molecule has 1 atom stereocenters. The Kier molecular flexibility index (Phi) is 5.50. The molecule has 0 aromatic carbocycles. The molecule has 0 aliphatic rings. The Balaban J connectivity index is 2.95. The number of anilines is 2. The van der Waals surface area contributed by atoms with E-state index in [0.717, 1.165) is 30.0 Å². The SMILES string of the molecule is CCCc1nc(NN)c(C)c(NCC(C)(O)CC)n1. The van der Waals surface area contributed by atoms with E-state index in [2.05, 4.69) is 27.6 Å². The van der Waals surface area contributed by atoms with Crippen molar-refractivity contribution < 1.29 is 5.11 Å². The molecular weight excluding hydrogens is 242 g/mol. The minimum Gasteiger partial charge on any atom is -0.388 e. The Labute approximate surface area is 114 Å². The Morgan fingerprint density at radius 3 is 2.42 bits per heavy atom. The highest BCUT2D eigenvalue weighted by molar-refractivity contribution is 5.56. The summed E-state index contributed by atoms with van der Waals surface area (Å²) in [5.74, 6) is 7.57. The molecule has 0 aliphatic carbocycles. The van der Waals surface area contributed by atoms with E-state index in [1.54, 1.807) is 6.92 Å². The molecule has 0 radical (unpaired) electrons. The first-order valence-corrected chi connectivity index (χ1v) is 6.74. The third kappa shape index (κ3) is 4.33. The lowest BCUT2D eigenvalue weighted by molar-refractivity contribution is 0.0696. The zero-order chi connectivity index (χ0) is 14.5. The number of nitrogens with zero attached hydrogens (tertiary/aromatic N) is 2. The van der Waals surface area contributed by atoms with Crippen LogP contribution in [0.2, 0.25) is 0 Å². The number of nitrogens with one attached hydrogen (secondary N) is 2. The van der Waals surface area contributed by atoms with Crippen LogP contribution in [0.4, 0.5) is 11.6 Å². The van der Waals surface area contributed by atoms with Crippen molar-refractivity contribution >= 4 is 11.6 Å². The molecule has 0 fully saturated rings. The fourth-order valence-corrected chi connectivity index (χ4v) is 1.61. The zero-order valence-corrected chi connectivity index (χ0v) is 12.2. The van der Waals surface area contributed by atoms with Gasteiger partial charge in [0.15, 0.2) is 0 Å². The Bertz CT molecular complexity index is 420. The fourth-order valence-electron chi connectivity index (χ4n) is 1.61. The lowest BCUT2D eigenvalue weighted by Crippen LogP contribution is -2.33. The van der Waals surface area contributed by atoms with E-state index in [4.69, 9.17) is 5.84 Å². The van der Waals surface area contributed by atoms with E-state index in [1.165, 1.54) is 0 Å². The average Bonchev–Trinajstić information content (AvgIpc) is 2.39. The molecule has 1 aromatic heterocycles. The quantitative estimate of drug-likeness (QED) is 0.442. The van der Waals surface area contributed by atoms with Crippen molar-refractivity contribution in [1.29, 1.82) is 0 Å². The number of aromatic nitrogens is 2. The van der Waals surface area contributed by atoms with Crippen LogP contribution in [-0.2, 0) is 6.42 Å². The maximum atomic E-state index is 10.0. The molecular formula is C13H25N5O. The minimum atomic E-state index is -0.751. The van der Waals surface area contributed by atoms with Gasteiger partial charge in [-0.1, -0.05) is 13.8 Å². The van der Waals surface area contributed by atoms with Crippen molar-refractivity contribution in [2.45, 2.75) is 52.6 Å². The Morgan fingerprint density at radius 2 is 1.89 bits per heavy atom. The monoisotopic (exact) mass is 267 g/mol. The molecule has 0 saturated carbocycles. The van der Waals surface area contributed by atoms with Crippen LogP contribution in [0.3, 0.4) is 0 Å². The number of hydrogen-bond donors (Lipinski definition) is 4. The molecule has 19 heavy (non-hydrogen) atoms. The molecule has 6 nitrogen and oxygen atoms in total. The zero-order valence-electron chi connectivity index (χ0n) is 12.2. The summed E-state index contributed by atoms with van der Waals surface area (Å²) in [4.78, 5) is 8.84. The van der Waals surface area contributed by atoms with Gasteiger partial charge in [0.25, 0.3) is 0 Å². The van der Waals surface area contributed by atoms with Crippen molar-refractivity contribution in [2.24, 2.45) is 5.84 Å². The van der Waals surface area contributed by atoms with Crippen LogP contribution in [0, 0.1) is 6.92 Å². The smallest absolute Gasteiger partial charge is 0.148 e. The molecule has 1 rings (SSSR count). The molecule has 6 heteroatoms. The van der Waals surface area contributed by atoms with Crippen LogP contribution in [0.5, 0.6) is 0 Å². The summed E-state index contributed by atoms with van der Waals surface area (Å²) >= 11 is 0. The first kappa shape index (κ1) is 15.7. The van der Waals surface area contributed by atoms with Gasteiger partial charge in [0.05, 0.1) is 5.60 Å². The summed E-state index contributed by atoms with van der Waals surface area (Å²) in [6, 6.07) is 0.